The summed E-state index contributed by atoms with van der Waals surface area (Å²) < 4.78 is 26.8. The maximum Gasteiger partial charge on any atom is 0.256 e. The van der Waals surface area contributed by atoms with Crippen LogP contribution in [0, 0.1) is 17.6 Å². The van der Waals surface area contributed by atoms with Crippen molar-refractivity contribution < 1.29 is 18.4 Å². The van der Waals surface area contributed by atoms with Crippen LogP contribution in [0.15, 0.2) is 18.2 Å². The van der Waals surface area contributed by atoms with Gasteiger partial charge in [0.25, 0.3) is 5.91 Å². The average Bonchev–Trinajstić information content (AvgIpc) is 3.07. The van der Waals surface area contributed by atoms with E-state index >= 15 is 0 Å². The molecule has 148 valence electrons. The van der Waals surface area contributed by atoms with E-state index in [9.17, 15) is 18.4 Å². The van der Waals surface area contributed by atoms with Crippen LogP contribution in [-0.2, 0) is 4.79 Å². The Labute approximate surface area is 160 Å². The summed E-state index contributed by atoms with van der Waals surface area (Å²) in [5.74, 6) is -1.06. The summed E-state index contributed by atoms with van der Waals surface area (Å²) in [6.07, 6.45) is 4.28. The summed E-state index contributed by atoms with van der Waals surface area (Å²) in [7, 11) is 0. The first-order chi connectivity index (χ1) is 13.5. The van der Waals surface area contributed by atoms with Crippen LogP contribution in [0.5, 0.6) is 0 Å². The van der Waals surface area contributed by atoms with Crippen LogP contribution in [0.25, 0.3) is 0 Å². The molecule has 1 aliphatic heterocycles. The normalized spacial score (nSPS) is 18.0. The van der Waals surface area contributed by atoms with E-state index in [2.05, 4.69) is 20.5 Å². The van der Waals surface area contributed by atoms with E-state index < -0.39 is 17.5 Å². The second-order valence-corrected chi connectivity index (χ2v) is 7.35. The highest BCUT2D eigenvalue weighted by atomic mass is 19.1. The standard InChI is InChI=1S/C19H21F2N5O2/c20-13-4-5-14(15(21)10-13)18(28)26-8-6-12(7-9-26)17(27)23-19-22-16(24-25-19)11-2-1-3-11/h4-5,10-12H,1-3,6-9H2,(H2,22,23,24,25,27). The van der Waals surface area contributed by atoms with Gasteiger partial charge < -0.3 is 4.90 Å². The molecular formula is C19H21F2N5O2. The van der Waals surface area contributed by atoms with Crippen LogP contribution < -0.4 is 5.32 Å². The molecule has 28 heavy (non-hydrogen) atoms. The molecule has 1 aromatic heterocycles. The molecule has 1 saturated heterocycles. The van der Waals surface area contributed by atoms with Gasteiger partial charge in [-0.3, -0.25) is 20.0 Å². The van der Waals surface area contributed by atoms with Gasteiger partial charge in [0.05, 0.1) is 5.56 Å². The minimum absolute atomic E-state index is 0.159. The smallest absolute Gasteiger partial charge is 0.256 e. The Hall–Kier alpha value is -2.84. The zero-order valence-corrected chi connectivity index (χ0v) is 15.3. The van der Waals surface area contributed by atoms with Crippen molar-refractivity contribution in [3.05, 3.63) is 41.2 Å². The molecule has 1 aromatic carbocycles. The van der Waals surface area contributed by atoms with E-state index in [1.54, 1.807) is 0 Å². The number of rotatable bonds is 4. The van der Waals surface area contributed by atoms with Crippen LogP contribution in [-0.4, -0.2) is 45.0 Å². The Kier molecular flexibility index (Phi) is 5.06. The third-order valence-corrected chi connectivity index (χ3v) is 5.54. The van der Waals surface area contributed by atoms with Crippen LogP contribution in [0.2, 0.25) is 0 Å². The number of likely N-dealkylation sites (tertiary alicyclic amines) is 1. The largest absolute Gasteiger partial charge is 0.339 e. The van der Waals surface area contributed by atoms with E-state index in [1.807, 2.05) is 0 Å². The fraction of sp³-hybridized carbons (Fsp3) is 0.474. The number of H-pyrrole nitrogens is 1. The van der Waals surface area contributed by atoms with Crippen molar-refractivity contribution in [3.8, 4) is 0 Å². The number of carbonyl (C=O) groups excluding carboxylic acids is 2. The molecule has 2 amide bonds. The lowest BCUT2D eigenvalue weighted by Crippen LogP contribution is -2.41. The first-order valence-corrected chi connectivity index (χ1v) is 9.49. The topological polar surface area (TPSA) is 91.0 Å². The number of hydrogen-bond acceptors (Lipinski definition) is 4. The summed E-state index contributed by atoms with van der Waals surface area (Å²) >= 11 is 0. The maximum absolute atomic E-state index is 13.8. The van der Waals surface area contributed by atoms with Gasteiger partial charge in [-0.1, -0.05) is 6.42 Å². The second-order valence-electron chi connectivity index (χ2n) is 7.35. The predicted molar refractivity (Wildman–Crippen MR) is 96.6 cm³/mol. The Morgan fingerprint density at radius 2 is 1.89 bits per heavy atom. The molecule has 0 radical (unpaired) electrons. The van der Waals surface area contributed by atoms with Gasteiger partial charge in [0.1, 0.15) is 17.5 Å². The SMILES string of the molecule is O=C(Nc1n[nH]c(C2CCC2)n1)C1CCN(C(=O)c2ccc(F)cc2F)CC1. The number of piperidine rings is 1. The van der Waals surface area contributed by atoms with E-state index in [1.165, 1.54) is 11.3 Å². The number of amides is 2. The van der Waals surface area contributed by atoms with Gasteiger partial charge in [0.2, 0.25) is 11.9 Å². The Morgan fingerprint density at radius 1 is 1.14 bits per heavy atom. The van der Waals surface area contributed by atoms with E-state index in [0.29, 0.717) is 37.9 Å². The van der Waals surface area contributed by atoms with E-state index in [4.69, 9.17) is 0 Å². The molecule has 2 aliphatic rings. The van der Waals surface area contributed by atoms with Gasteiger partial charge in [0.15, 0.2) is 0 Å². The number of benzene rings is 1. The van der Waals surface area contributed by atoms with Gasteiger partial charge >= 0.3 is 0 Å². The van der Waals surface area contributed by atoms with Crippen molar-refractivity contribution in [2.45, 2.75) is 38.0 Å². The number of aromatic nitrogens is 3. The van der Waals surface area contributed by atoms with Crippen LogP contribution in [0.3, 0.4) is 0 Å². The summed E-state index contributed by atoms with van der Waals surface area (Å²) in [4.78, 5) is 30.7. The average molecular weight is 389 g/mol. The van der Waals surface area contributed by atoms with Gasteiger partial charge in [0, 0.05) is 31.0 Å². The fourth-order valence-electron chi connectivity index (χ4n) is 3.58. The monoisotopic (exact) mass is 389 g/mol. The molecule has 4 rings (SSSR count). The molecule has 0 spiro atoms. The van der Waals surface area contributed by atoms with Crippen LogP contribution >= 0.6 is 0 Å². The van der Waals surface area contributed by atoms with Crippen molar-refractivity contribution in [3.63, 3.8) is 0 Å². The summed E-state index contributed by atoms with van der Waals surface area (Å²) in [5.41, 5.74) is -0.159. The molecule has 2 heterocycles. The first-order valence-electron chi connectivity index (χ1n) is 9.49. The third-order valence-electron chi connectivity index (χ3n) is 5.54. The molecule has 2 N–H and O–H groups in total. The van der Waals surface area contributed by atoms with Crippen molar-refractivity contribution in [1.29, 1.82) is 0 Å². The molecule has 0 bridgehead atoms. The molecule has 2 fully saturated rings. The molecule has 1 saturated carbocycles. The quantitative estimate of drug-likeness (QED) is 0.841. The maximum atomic E-state index is 13.8. The van der Waals surface area contributed by atoms with Crippen molar-refractivity contribution >= 4 is 17.8 Å². The summed E-state index contributed by atoms with van der Waals surface area (Å²) in [6.45, 7) is 0.657. The van der Waals surface area contributed by atoms with Gasteiger partial charge in [-0.15, -0.1) is 5.10 Å². The predicted octanol–water partition coefficient (Wildman–Crippen LogP) is 2.84. The van der Waals surface area contributed by atoms with Gasteiger partial charge in [-0.05, 0) is 37.8 Å². The summed E-state index contributed by atoms with van der Waals surface area (Å²) in [5, 5.41) is 9.65. The lowest BCUT2D eigenvalue weighted by molar-refractivity contribution is -0.121. The molecule has 1 aliphatic carbocycles. The zero-order chi connectivity index (χ0) is 19.7. The van der Waals surface area contributed by atoms with Gasteiger partial charge in [-0.25, -0.2) is 8.78 Å². The highest BCUT2D eigenvalue weighted by molar-refractivity contribution is 5.95. The molecule has 0 unspecified atom stereocenters. The Bertz CT molecular complexity index is 888. The van der Waals surface area contributed by atoms with Crippen LogP contribution in [0.4, 0.5) is 14.7 Å². The number of nitrogens with zero attached hydrogens (tertiary/aromatic N) is 3. The Morgan fingerprint density at radius 3 is 2.54 bits per heavy atom. The summed E-state index contributed by atoms with van der Waals surface area (Å²) in [6, 6.07) is 2.90. The molecule has 0 atom stereocenters. The first kappa shape index (κ1) is 18.5. The molecule has 7 nitrogen and oxygen atoms in total. The number of hydrogen-bond donors (Lipinski definition) is 2. The third kappa shape index (κ3) is 3.74. The van der Waals surface area contributed by atoms with Crippen LogP contribution in [0.1, 0.15) is 54.2 Å². The number of carbonyl (C=O) groups is 2. The number of aromatic amines is 1. The zero-order valence-electron chi connectivity index (χ0n) is 15.3. The highest BCUT2D eigenvalue weighted by Crippen LogP contribution is 2.34. The lowest BCUT2D eigenvalue weighted by Gasteiger charge is -2.31. The number of anilines is 1. The van der Waals surface area contributed by atoms with E-state index in [-0.39, 0.29) is 23.3 Å². The van der Waals surface area contributed by atoms with Crippen molar-refractivity contribution in [1.82, 2.24) is 20.1 Å². The molecular weight excluding hydrogens is 368 g/mol. The fourth-order valence-corrected chi connectivity index (χ4v) is 3.58. The minimum atomic E-state index is -0.878. The number of nitrogens with one attached hydrogen (secondary N) is 2. The van der Waals surface area contributed by atoms with Gasteiger partial charge in [-0.2, -0.15) is 4.98 Å². The van der Waals surface area contributed by atoms with Crippen molar-refractivity contribution in [2.75, 3.05) is 18.4 Å². The number of halogens is 2. The van der Waals surface area contributed by atoms with E-state index in [0.717, 1.165) is 30.8 Å². The Balaban J connectivity index is 1.31. The lowest BCUT2D eigenvalue weighted by atomic mass is 9.85. The van der Waals surface area contributed by atoms with Crippen molar-refractivity contribution in [2.24, 2.45) is 5.92 Å². The second kappa shape index (κ2) is 7.65. The highest BCUT2D eigenvalue weighted by Gasteiger charge is 2.30. The molecule has 2 aromatic rings. The minimum Gasteiger partial charge on any atom is -0.339 e. The molecule has 9 heteroatoms.